The van der Waals surface area contributed by atoms with E-state index in [0.29, 0.717) is 17.5 Å². The van der Waals surface area contributed by atoms with E-state index in [1.807, 2.05) is 18.2 Å². The molecule has 0 amide bonds. The SMILES string of the molecule is Nc1cc(-c2nc(C3CCCC3)no2)ccc1Br. The van der Waals surface area contributed by atoms with Crippen LogP contribution in [0.4, 0.5) is 5.69 Å². The summed E-state index contributed by atoms with van der Waals surface area (Å²) in [5, 5.41) is 4.09. The van der Waals surface area contributed by atoms with Crippen molar-refractivity contribution in [2.45, 2.75) is 31.6 Å². The van der Waals surface area contributed by atoms with E-state index < -0.39 is 0 Å². The third kappa shape index (κ3) is 2.14. The summed E-state index contributed by atoms with van der Waals surface area (Å²) in [7, 11) is 0. The van der Waals surface area contributed by atoms with E-state index in [1.54, 1.807) is 0 Å². The lowest BCUT2D eigenvalue weighted by Gasteiger charge is -2.00. The molecule has 94 valence electrons. The number of hydrogen-bond donors (Lipinski definition) is 1. The van der Waals surface area contributed by atoms with Crippen molar-refractivity contribution < 1.29 is 4.52 Å². The van der Waals surface area contributed by atoms with E-state index in [0.717, 1.165) is 15.9 Å². The molecule has 0 saturated heterocycles. The summed E-state index contributed by atoms with van der Waals surface area (Å²) < 4.78 is 6.20. The Morgan fingerprint density at radius 1 is 1.28 bits per heavy atom. The van der Waals surface area contributed by atoms with Gasteiger partial charge in [-0.15, -0.1) is 0 Å². The minimum Gasteiger partial charge on any atom is -0.398 e. The number of nitrogens with zero attached hydrogens (tertiary/aromatic N) is 2. The van der Waals surface area contributed by atoms with Gasteiger partial charge in [0.25, 0.3) is 5.89 Å². The van der Waals surface area contributed by atoms with E-state index in [9.17, 15) is 0 Å². The summed E-state index contributed by atoms with van der Waals surface area (Å²) >= 11 is 3.37. The normalized spacial score (nSPS) is 16.3. The molecule has 5 heteroatoms. The Balaban J connectivity index is 1.89. The Hall–Kier alpha value is -1.36. The molecule has 0 atom stereocenters. The monoisotopic (exact) mass is 307 g/mol. The van der Waals surface area contributed by atoms with Gasteiger partial charge in [-0.05, 0) is 47.0 Å². The molecule has 3 rings (SSSR count). The van der Waals surface area contributed by atoms with Crippen LogP contribution in [-0.4, -0.2) is 10.1 Å². The maximum absolute atomic E-state index is 5.85. The highest BCUT2D eigenvalue weighted by Gasteiger charge is 2.22. The lowest BCUT2D eigenvalue weighted by Crippen LogP contribution is -1.94. The van der Waals surface area contributed by atoms with Crippen LogP contribution in [0.25, 0.3) is 11.5 Å². The van der Waals surface area contributed by atoms with Gasteiger partial charge in [-0.3, -0.25) is 0 Å². The van der Waals surface area contributed by atoms with Gasteiger partial charge in [-0.25, -0.2) is 0 Å². The van der Waals surface area contributed by atoms with Gasteiger partial charge in [-0.1, -0.05) is 18.0 Å². The topological polar surface area (TPSA) is 64.9 Å². The first-order chi connectivity index (χ1) is 8.74. The van der Waals surface area contributed by atoms with Crippen molar-refractivity contribution in [2.24, 2.45) is 0 Å². The van der Waals surface area contributed by atoms with E-state index in [1.165, 1.54) is 25.7 Å². The summed E-state index contributed by atoms with van der Waals surface area (Å²) in [5.41, 5.74) is 7.39. The summed E-state index contributed by atoms with van der Waals surface area (Å²) in [6, 6.07) is 5.66. The van der Waals surface area contributed by atoms with Gasteiger partial charge < -0.3 is 10.3 Å². The maximum atomic E-state index is 5.85. The number of hydrogen-bond acceptors (Lipinski definition) is 4. The average Bonchev–Trinajstić information content (AvgIpc) is 3.01. The first-order valence-electron chi connectivity index (χ1n) is 6.13. The van der Waals surface area contributed by atoms with Crippen LogP contribution >= 0.6 is 15.9 Å². The molecule has 2 N–H and O–H groups in total. The summed E-state index contributed by atoms with van der Waals surface area (Å²) in [5.74, 6) is 1.86. The standard InChI is InChI=1S/C13H14BrN3O/c14-10-6-5-9(7-11(10)15)13-16-12(17-18-13)8-3-1-2-4-8/h5-8H,1-4,15H2. The molecule has 0 radical (unpaired) electrons. The summed E-state index contributed by atoms with van der Waals surface area (Å²) in [6.45, 7) is 0. The molecule has 0 aliphatic heterocycles. The molecule has 18 heavy (non-hydrogen) atoms. The Morgan fingerprint density at radius 3 is 2.78 bits per heavy atom. The van der Waals surface area contributed by atoms with E-state index >= 15 is 0 Å². The van der Waals surface area contributed by atoms with Crippen LogP contribution in [0.1, 0.15) is 37.4 Å². The highest BCUT2D eigenvalue weighted by atomic mass is 79.9. The molecule has 0 spiro atoms. The highest BCUT2D eigenvalue weighted by molar-refractivity contribution is 9.10. The number of aromatic nitrogens is 2. The molecule has 1 fully saturated rings. The fourth-order valence-electron chi connectivity index (χ4n) is 2.38. The lowest BCUT2D eigenvalue weighted by molar-refractivity contribution is 0.416. The zero-order chi connectivity index (χ0) is 12.5. The van der Waals surface area contributed by atoms with Crippen molar-refractivity contribution in [3.8, 4) is 11.5 Å². The summed E-state index contributed by atoms with van der Waals surface area (Å²) in [6.07, 6.45) is 4.86. The van der Waals surface area contributed by atoms with Crippen LogP contribution in [0.3, 0.4) is 0 Å². The Kier molecular flexibility index (Phi) is 3.07. The number of rotatable bonds is 2. The van der Waals surface area contributed by atoms with Gasteiger partial charge in [0.2, 0.25) is 0 Å². The first-order valence-corrected chi connectivity index (χ1v) is 6.92. The quantitative estimate of drug-likeness (QED) is 0.858. The maximum Gasteiger partial charge on any atom is 0.258 e. The smallest absolute Gasteiger partial charge is 0.258 e. The number of anilines is 1. The van der Waals surface area contributed by atoms with Crippen molar-refractivity contribution in [1.82, 2.24) is 10.1 Å². The molecule has 1 heterocycles. The second kappa shape index (κ2) is 4.72. The van der Waals surface area contributed by atoms with E-state index in [4.69, 9.17) is 10.3 Å². The lowest BCUT2D eigenvalue weighted by atomic mass is 10.1. The van der Waals surface area contributed by atoms with Gasteiger partial charge in [-0.2, -0.15) is 4.98 Å². The van der Waals surface area contributed by atoms with Crippen LogP contribution in [-0.2, 0) is 0 Å². The number of halogens is 1. The van der Waals surface area contributed by atoms with E-state index in [2.05, 4.69) is 26.1 Å². The van der Waals surface area contributed by atoms with Crippen molar-refractivity contribution in [2.75, 3.05) is 5.73 Å². The van der Waals surface area contributed by atoms with Crippen molar-refractivity contribution in [1.29, 1.82) is 0 Å². The zero-order valence-electron chi connectivity index (χ0n) is 9.90. The molecule has 0 bridgehead atoms. The predicted molar refractivity (Wildman–Crippen MR) is 73.1 cm³/mol. The minimum atomic E-state index is 0.468. The third-order valence-electron chi connectivity index (χ3n) is 3.41. The second-order valence-electron chi connectivity index (χ2n) is 4.68. The molecular formula is C13H14BrN3O. The average molecular weight is 308 g/mol. The number of benzene rings is 1. The van der Waals surface area contributed by atoms with Crippen LogP contribution in [0.2, 0.25) is 0 Å². The molecule has 1 saturated carbocycles. The molecule has 1 aromatic carbocycles. The van der Waals surface area contributed by atoms with Crippen molar-refractivity contribution in [3.63, 3.8) is 0 Å². The second-order valence-corrected chi connectivity index (χ2v) is 5.53. The fourth-order valence-corrected chi connectivity index (χ4v) is 2.63. The molecule has 1 aliphatic rings. The molecule has 4 nitrogen and oxygen atoms in total. The zero-order valence-corrected chi connectivity index (χ0v) is 11.5. The van der Waals surface area contributed by atoms with Crippen molar-refractivity contribution >= 4 is 21.6 Å². The Labute approximate surface area is 114 Å². The van der Waals surface area contributed by atoms with Gasteiger partial charge in [0.05, 0.1) is 0 Å². The highest BCUT2D eigenvalue weighted by Crippen LogP contribution is 2.33. The Bertz CT molecular complexity index is 561. The molecule has 1 aliphatic carbocycles. The van der Waals surface area contributed by atoms with Crippen LogP contribution in [0.15, 0.2) is 27.2 Å². The van der Waals surface area contributed by atoms with Gasteiger partial charge in [0.15, 0.2) is 5.82 Å². The first kappa shape index (κ1) is 11.7. The Morgan fingerprint density at radius 2 is 2.06 bits per heavy atom. The van der Waals surface area contributed by atoms with Gasteiger partial charge >= 0.3 is 0 Å². The molecule has 2 aromatic rings. The van der Waals surface area contributed by atoms with Crippen LogP contribution < -0.4 is 5.73 Å². The largest absolute Gasteiger partial charge is 0.398 e. The fraction of sp³-hybridized carbons (Fsp3) is 0.385. The van der Waals surface area contributed by atoms with Crippen molar-refractivity contribution in [3.05, 3.63) is 28.5 Å². The van der Waals surface area contributed by atoms with Gasteiger partial charge in [0, 0.05) is 21.6 Å². The molecule has 1 aromatic heterocycles. The van der Waals surface area contributed by atoms with Crippen LogP contribution in [0, 0.1) is 0 Å². The summed E-state index contributed by atoms with van der Waals surface area (Å²) in [4.78, 5) is 4.48. The number of nitrogen functional groups attached to an aromatic ring is 1. The minimum absolute atomic E-state index is 0.468. The third-order valence-corrected chi connectivity index (χ3v) is 4.13. The van der Waals surface area contributed by atoms with E-state index in [-0.39, 0.29) is 0 Å². The predicted octanol–water partition coefficient (Wildman–Crippen LogP) is 3.74. The molecule has 0 unspecified atom stereocenters. The van der Waals surface area contributed by atoms with Gasteiger partial charge in [0.1, 0.15) is 0 Å². The van der Waals surface area contributed by atoms with Crippen LogP contribution in [0.5, 0.6) is 0 Å². The number of nitrogens with two attached hydrogens (primary N) is 1. The molecular weight excluding hydrogens is 294 g/mol.